The summed E-state index contributed by atoms with van der Waals surface area (Å²) in [6.45, 7) is 4.98. The van der Waals surface area contributed by atoms with Gasteiger partial charge in [0.15, 0.2) is 0 Å². The van der Waals surface area contributed by atoms with Gasteiger partial charge in [0.2, 0.25) is 11.9 Å². The van der Waals surface area contributed by atoms with Gasteiger partial charge >= 0.3 is 0 Å². The Morgan fingerprint density at radius 3 is 2.81 bits per heavy atom. The molecule has 0 bridgehead atoms. The van der Waals surface area contributed by atoms with Crippen molar-refractivity contribution in [3.8, 4) is 0 Å². The molecule has 0 aromatic carbocycles. The van der Waals surface area contributed by atoms with Crippen LogP contribution in [0, 0.1) is 0 Å². The summed E-state index contributed by atoms with van der Waals surface area (Å²) < 4.78 is 1.50. The van der Waals surface area contributed by atoms with Crippen molar-refractivity contribution in [1.29, 1.82) is 0 Å². The molecule has 1 aromatic heterocycles. The molecule has 3 N–H and O–H groups in total. The number of nitrogens with one attached hydrogen (secondary N) is 1. The number of anilines is 1. The van der Waals surface area contributed by atoms with E-state index in [0.29, 0.717) is 0 Å². The summed E-state index contributed by atoms with van der Waals surface area (Å²) in [7, 11) is 0. The van der Waals surface area contributed by atoms with Crippen molar-refractivity contribution in [3.63, 3.8) is 0 Å². The highest BCUT2D eigenvalue weighted by molar-refractivity contribution is 5.80. The van der Waals surface area contributed by atoms with Crippen molar-refractivity contribution in [3.05, 3.63) is 6.33 Å². The highest BCUT2D eigenvalue weighted by Gasteiger charge is 2.23. The molecule has 7 nitrogen and oxygen atoms in total. The SMILES string of the molecule is CC(C(=O)N1CCNCC1)n1cnc(N)n1. The van der Waals surface area contributed by atoms with Gasteiger partial charge < -0.3 is 16.0 Å². The number of amides is 1. The molecule has 16 heavy (non-hydrogen) atoms. The summed E-state index contributed by atoms with van der Waals surface area (Å²) in [6, 6.07) is -0.345. The lowest BCUT2D eigenvalue weighted by atomic mass is 10.2. The molecule has 1 saturated heterocycles. The Morgan fingerprint density at radius 2 is 2.25 bits per heavy atom. The second-order valence-electron chi connectivity index (χ2n) is 3.83. The predicted octanol–water partition coefficient (Wildman–Crippen LogP) is -1.15. The minimum absolute atomic E-state index is 0.0615. The summed E-state index contributed by atoms with van der Waals surface area (Å²) in [5.74, 6) is 0.256. The number of nitrogens with zero attached hydrogens (tertiary/aromatic N) is 4. The average molecular weight is 224 g/mol. The molecule has 2 rings (SSSR count). The number of nitrogens with two attached hydrogens (primary N) is 1. The van der Waals surface area contributed by atoms with Crippen LogP contribution in [0.1, 0.15) is 13.0 Å². The molecule has 7 heteroatoms. The summed E-state index contributed by atoms with van der Waals surface area (Å²) >= 11 is 0. The number of nitrogen functional groups attached to an aromatic ring is 1. The average Bonchev–Trinajstić information content (AvgIpc) is 2.75. The summed E-state index contributed by atoms with van der Waals surface area (Å²) in [5, 5.41) is 7.15. The van der Waals surface area contributed by atoms with E-state index in [9.17, 15) is 4.79 Å². The van der Waals surface area contributed by atoms with Gasteiger partial charge in [-0.1, -0.05) is 0 Å². The number of hydrogen-bond donors (Lipinski definition) is 2. The molecular formula is C9H16N6O. The largest absolute Gasteiger partial charge is 0.367 e. The van der Waals surface area contributed by atoms with Gasteiger partial charge in [0, 0.05) is 26.2 Å². The van der Waals surface area contributed by atoms with Crippen LogP contribution in [-0.2, 0) is 4.79 Å². The van der Waals surface area contributed by atoms with Gasteiger partial charge in [-0.05, 0) is 6.92 Å². The lowest BCUT2D eigenvalue weighted by Crippen LogP contribution is -2.48. The lowest BCUT2D eigenvalue weighted by molar-refractivity contribution is -0.135. The van der Waals surface area contributed by atoms with Crippen LogP contribution < -0.4 is 11.1 Å². The third-order valence-corrected chi connectivity index (χ3v) is 2.71. The van der Waals surface area contributed by atoms with Gasteiger partial charge in [0.1, 0.15) is 12.4 Å². The summed E-state index contributed by atoms with van der Waals surface area (Å²) in [6.07, 6.45) is 1.49. The highest BCUT2D eigenvalue weighted by atomic mass is 16.2. The Balaban J connectivity index is 2.03. The molecule has 0 radical (unpaired) electrons. The molecule has 2 heterocycles. The number of rotatable bonds is 2. The Bertz CT molecular complexity index is 370. The minimum atomic E-state index is -0.345. The molecule has 1 aliphatic rings. The molecule has 1 aliphatic heterocycles. The van der Waals surface area contributed by atoms with E-state index in [2.05, 4.69) is 15.4 Å². The zero-order valence-corrected chi connectivity index (χ0v) is 9.26. The maximum Gasteiger partial charge on any atom is 0.247 e. The third-order valence-electron chi connectivity index (χ3n) is 2.71. The lowest BCUT2D eigenvalue weighted by Gasteiger charge is -2.29. The first-order valence-electron chi connectivity index (χ1n) is 5.34. The molecular weight excluding hydrogens is 208 g/mol. The molecule has 0 aliphatic carbocycles. The standard InChI is InChI=1S/C9H16N6O/c1-7(15-6-12-9(10)13-15)8(16)14-4-2-11-3-5-14/h6-7,11H,2-5H2,1H3,(H2,10,13). The topological polar surface area (TPSA) is 89.1 Å². The minimum Gasteiger partial charge on any atom is -0.367 e. The van der Waals surface area contributed by atoms with Gasteiger partial charge in [-0.3, -0.25) is 4.79 Å². The van der Waals surface area contributed by atoms with Gasteiger partial charge in [-0.25, -0.2) is 9.67 Å². The maximum atomic E-state index is 12.1. The van der Waals surface area contributed by atoms with E-state index in [0.717, 1.165) is 26.2 Å². The summed E-state index contributed by atoms with van der Waals surface area (Å²) in [4.78, 5) is 17.7. The van der Waals surface area contributed by atoms with Crippen LogP contribution in [0.3, 0.4) is 0 Å². The smallest absolute Gasteiger partial charge is 0.247 e. The van der Waals surface area contributed by atoms with Crippen molar-refractivity contribution in [1.82, 2.24) is 25.0 Å². The van der Waals surface area contributed by atoms with Crippen LogP contribution in [-0.4, -0.2) is 51.8 Å². The molecule has 0 spiro atoms. The van der Waals surface area contributed by atoms with Gasteiger partial charge in [-0.2, -0.15) is 0 Å². The van der Waals surface area contributed by atoms with E-state index in [-0.39, 0.29) is 17.9 Å². The molecule has 1 atom stereocenters. The Hall–Kier alpha value is -1.63. The molecule has 1 amide bonds. The van der Waals surface area contributed by atoms with Crippen LogP contribution in [0.4, 0.5) is 5.95 Å². The van der Waals surface area contributed by atoms with Gasteiger partial charge in [0.05, 0.1) is 0 Å². The zero-order valence-electron chi connectivity index (χ0n) is 9.26. The number of carbonyl (C=O) groups excluding carboxylic acids is 1. The number of hydrogen-bond acceptors (Lipinski definition) is 5. The monoisotopic (exact) mass is 224 g/mol. The summed E-state index contributed by atoms with van der Waals surface area (Å²) in [5.41, 5.74) is 5.42. The molecule has 88 valence electrons. The van der Waals surface area contributed by atoms with Crippen molar-refractivity contribution in [2.45, 2.75) is 13.0 Å². The van der Waals surface area contributed by atoms with E-state index in [1.807, 2.05) is 4.90 Å². The molecule has 1 fully saturated rings. The van der Waals surface area contributed by atoms with Crippen LogP contribution in [0.15, 0.2) is 6.33 Å². The quantitative estimate of drug-likeness (QED) is 0.662. The fourth-order valence-corrected chi connectivity index (χ4v) is 1.74. The Kier molecular flexibility index (Phi) is 3.04. The third kappa shape index (κ3) is 2.13. The van der Waals surface area contributed by atoms with Crippen LogP contribution in [0.5, 0.6) is 0 Å². The van der Waals surface area contributed by atoms with E-state index in [1.165, 1.54) is 11.0 Å². The van der Waals surface area contributed by atoms with Gasteiger partial charge in [0.25, 0.3) is 0 Å². The van der Waals surface area contributed by atoms with Gasteiger partial charge in [-0.15, -0.1) is 5.10 Å². The normalized spacial score (nSPS) is 18.4. The zero-order chi connectivity index (χ0) is 11.5. The predicted molar refractivity (Wildman–Crippen MR) is 58.6 cm³/mol. The Morgan fingerprint density at radius 1 is 1.56 bits per heavy atom. The maximum absolute atomic E-state index is 12.1. The van der Waals surface area contributed by atoms with E-state index < -0.39 is 0 Å². The van der Waals surface area contributed by atoms with E-state index >= 15 is 0 Å². The fourth-order valence-electron chi connectivity index (χ4n) is 1.74. The number of aromatic nitrogens is 3. The van der Waals surface area contributed by atoms with E-state index in [4.69, 9.17) is 5.73 Å². The van der Waals surface area contributed by atoms with E-state index in [1.54, 1.807) is 6.92 Å². The van der Waals surface area contributed by atoms with Crippen LogP contribution >= 0.6 is 0 Å². The molecule has 1 unspecified atom stereocenters. The fraction of sp³-hybridized carbons (Fsp3) is 0.667. The number of carbonyl (C=O) groups is 1. The first-order chi connectivity index (χ1) is 7.68. The Labute approximate surface area is 93.6 Å². The van der Waals surface area contributed by atoms with Crippen molar-refractivity contribution < 1.29 is 4.79 Å². The second-order valence-corrected chi connectivity index (χ2v) is 3.83. The van der Waals surface area contributed by atoms with Crippen LogP contribution in [0.2, 0.25) is 0 Å². The molecule has 1 aromatic rings. The first kappa shape index (κ1) is 10.9. The first-order valence-corrected chi connectivity index (χ1v) is 5.34. The second kappa shape index (κ2) is 4.48. The highest BCUT2D eigenvalue weighted by Crippen LogP contribution is 2.09. The van der Waals surface area contributed by atoms with Crippen LogP contribution in [0.25, 0.3) is 0 Å². The van der Waals surface area contributed by atoms with Crippen molar-refractivity contribution >= 4 is 11.9 Å². The van der Waals surface area contributed by atoms with Crippen molar-refractivity contribution in [2.24, 2.45) is 0 Å². The number of piperazine rings is 1. The van der Waals surface area contributed by atoms with Crippen molar-refractivity contribution in [2.75, 3.05) is 31.9 Å². The molecule has 0 saturated carbocycles.